The zero-order valence-corrected chi connectivity index (χ0v) is 12.8. The number of nitrogen functional groups attached to an aromatic ring is 1. The number of anilines is 1. The van der Waals surface area contributed by atoms with Gasteiger partial charge in [-0.05, 0) is 30.7 Å². The van der Waals surface area contributed by atoms with Gasteiger partial charge in [0.15, 0.2) is 5.82 Å². The van der Waals surface area contributed by atoms with Crippen molar-refractivity contribution in [1.29, 1.82) is 0 Å². The number of benzene rings is 1. The molecule has 0 saturated heterocycles. The predicted molar refractivity (Wildman–Crippen MR) is 82.7 cm³/mol. The molecule has 1 aromatic heterocycles. The molecule has 19 heavy (non-hydrogen) atoms. The Morgan fingerprint density at radius 2 is 2.16 bits per heavy atom. The first kappa shape index (κ1) is 12.9. The van der Waals surface area contributed by atoms with Crippen LogP contribution >= 0.6 is 27.7 Å². The number of nitrogens with two attached hydrogens (primary N) is 1. The maximum absolute atomic E-state index is 5.57. The van der Waals surface area contributed by atoms with E-state index in [9.17, 15) is 0 Å². The number of thioether (sulfide) groups is 1. The van der Waals surface area contributed by atoms with Gasteiger partial charge in [0.25, 0.3) is 0 Å². The molecular formula is C13H13BrN4S. The van der Waals surface area contributed by atoms with Gasteiger partial charge in [-0.1, -0.05) is 15.9 Å². The summed E-state index contributed by atoms with van der Waals surface area (Å²) in [6.45, 7) is 2.06. The van der Waals surface area contributed by atoms with Crippen LogP contribution in [0, 0.1) is 6.92 Å². The van der Waals surface area contributed by atoms with Crippen molar-refractivity contribution in [3.05, 3.63) is 39.5 Å². The van der Waals surface area contributed by atoms with Crippen LogP contribution in [0.3, 0.4) is 0 Å². The monoisotopic (exact) mass is 336 g/mol. The summed E-state index contributed by atoms with van der Waals surface area (Å²) in [5, 5.41) is 0. The van der Waals surface area contributed by atoms with Crippen LogP contribution < -0.4 is 11.3 Å². The molecule has 3 rings (SSSR count). The second-order valence-electron chi connectivity index (χ2n) is 4.42. The lowest BCUT2D eigenvalue weighted by molar-refractivity contribution is 1.06. The van der Waals surface area contributed by atoms with Crippen molar-refractivity contribution in [3.63, 3.8) is 0 Å². The number of fused-ring (bicyclic) bond motifs is 1. The van der Waals surface area contributed by atoms with Gasteiger partial charge < -0.3 is 5.43 Å². The first-order chi connectivity index (χ1) is 9.19. The Balaban J connectivity index is 2.15. The molecule has 0 spiro atoms. The van der Waals surface area contributed by atoms with Gasteiger partial charge in [0.05, 0.1) is 5.69 Å². The number of hydrogen-bond donors (Lipinski definition) is 2. The number of aryl methyl sites for hydroxylation is 1. The minimum Gasteiger partial charge on any atom is -0.308 e. The Hall–Kier alpha value is -1.11. The van der Waals surface area contributed by atoms with Gasteiger partial charge in [-0.25, -0.2) is 15.8 Å². The molecule has 0 saturated carbocycles. The molecule has 2 aromatic rings. The molecule has 1 aliphatic heterocycles. The summed E-state index contributed by atoms with van der Waals surface area (Å²) >= 11 is 5.31. The first-order valence-electron chi connectivity index (χ1n) is 5.89. The zero-order valence-electron chi connectivity index (χ0n) is 10.4. The van der Waals surface area contributed by atoms with Crippen molar-refractivity contribution in [2.75, 3.05) is 5.43 Å². The molecule has 1 aromatic carbocycles. The Morgan fingerprint density at radius 1 is 1.32 bits per heavy atom. The third kappa shape index (κ3) is 2.35. The van der Waals surface area contributed by atoms with Gasteiger partial charge in [-0.2, -0.15) is 11.8 Å². The summed E-state index contributed by atoms with van der Waals surface area (Å²) in [5.74, 6) is 8.90. The van der Waals surface area contributed by atoms with E-state index in [0.717, 1.165) is 50.0 Å². The summed E-state index contributed by atoms with van der Waals surface area (Å²) in [6, 6.07) is 6.10. The van der Waals surface area contributed by atoms with Gasteiger partial charge in [-0.15, -0.1) is 0 Å². The Kier molecular flexibility index (Phi) is 3.47. The number of aromatic nitrogens is 2. The standard InChI is InChI=1S/C13H13BrN4S/c1-7-4-8(14)2-3-9(7)12-16-11-6-19-5-10(11)13(17-12)18-15/h2-4H,5-6,15H2,1H3,(H,16,17,18). The Bertz CT molecular complexity index is 645. The van der Waals surface area contributed by atoms with Gasteiger partial charge >= 0.3 is 0 Å². The highest BCUT2D eigenvalue weighted by molar-refractivity contribution is 9.10. The van der Waals surface area contributed by atoms with Gasteiger partial charge in [0.2, 0.25) is 0 Å². The minimum absolute atomic E-state index is 0.735. The Morgan fingerprint density at radius 3 is 2.89 bits per heavy atom. The van der Waals surface area contributed by atoms with E-state index < -0.39 is 0 Å². The van der Waals surface area contributed by atoms with Crippen LogP contribution in [0.5, 0.6) is 0 Å². The summed E-state index contributed by atoms with van der Waals surface area (Å²) in [4.78, 5) is 9.23. The van der Waals surface area contributed by atoms with Crippen molar-refractivity contribution in [3.8, 4) is 11.4 Å². The normalized spacial score (nSPS) is 13.4. The number of halogens is 1. The lowest BCUT2D eigenvalue weighted by Crippen LogP contribution is -2.13. The molecule has 98 valence electrons. The average Bonchev–Trinajstić information content (AvgIpc) is 2.85. The van der Waals surface area contributed by atoms with E-state index in [4.69, 9.17) is 5.84 Å². The maximum Gasteiger partial charge on any atom is 0.162 e. The molecule has 0 unspecified atom stereocenters. The van der Waals surface area contributed by atoms with Crippen LogP contribution in [0.2, 0.25) is 0 Å². The molecule has 3 N–H and O–H groups in total. The predicted octanol–water partition coefficient (Wildman–Crippen LogP) is 3.25. The van der Waals surface area contributed by atoms with Gasteiger partial charge in [-0.3, -0.25) is 0 Å². The molecular weight excluding hydrogens is 324 g/mol. The van der Waals surface area contributed by atoms with Crippen LogP contribution in [-0.2, 0) is 11.5 Å². The van der Waals surface area contributed by atoms with Crippen molar-refractivity contribution in [1.82, 2.24) is 9.97 Å². The van der Waals surface area contributed by atoms with Crippen LogP contribution in [-0.4, -0.2) is 9.97 Å². The second-order valence-corrected chi connectivity index (χ2v) is 6.32. The summed E-state index contributed by atoms with van der Waals surface area (Å²) in [7, 11) is 0. The molecule has 0 radical (unpaired) electrons. The first-order valence-corrected chi connectivity index (χ1v) is 7.84. The zero-order chi connectivity index (χ0) is 13.4. The van der Waals surface area contributed by atoms with Crippen LogP contribution in [0.25, 0.3) is 11.4 Å². The van der Waals surface area contributed by atoms with E-state index in [1.165, 1.54) is 0 Å². The van der Waals surface area contributed by atoms with Gasteiger partial charge in [0, 0.05) is 27.1 Å². The third-order valence-corrected chi connectivity index (χ3v) is 4.61. The van der Waals surface area contributed by atoms with E-state index in [-0.39, 0.29) is 0 Å². The minimum atomic E-state index is 0.735. The molecule has 1 aliphatic rings. The molecule has 0 bridgehead atoms. The van der Waals surface area contributed by atoms with E-state index in [0.29, 0.717) is 0 Å². The number of hydrazine groups is 1. The largest absolute Gasteiger partial charge is 0.308 e. The lowest BCUT2D eigenvalue weighted by Gasteiger charge is -2.10. The van der Waals surface area contributed by atoms with Crippen LogP contribution in [0.15, 0.2) is 22.7 Å². The number of hydrogen-bond acceptors (Lipinski definition) is 5. The quantitative estimate of drug-likeness (QED) is 0.651. The fourth-order valence-corrected chi connectivity index (χ4v) is 3.69. The molecule has 4 nitrogen and oxygen atoms in total. The SMILES string of the molecule is Cc1cc(Br)ccc1-c1nc2c(c(NN)n1)CSC2. The summed E-state index contributed by atoms with van der Waals surface area (Å²) in [5.41, 5.74) is 7.10. The van der Waals surface area contributed by atoms with Crippen molar-refractivity contribution in [2.45, 2.75) is 18.4 Å². The maximum atomic E-state index is 5.57. The van der Waals surface area contributed by atoms with Crippen LogP contribution in [0.1, 0.15) is 16.8 Å². The topological polar surface area (TPSA) is 63.8 Å². The smallest absolute Gasteiger partial charge is 0.162 e. The molecule has 0 amide bonds. The van der Waals surface area contributed by atoms with Crippen molar-refractivity contribution in [2.24, 2.45) is 5.84 Å². The highest BCUT2D eigenvalue weighted by Gasteiger charge is 2.20. The highest BCUT2D eigenvalue weighted by atomic mass is 79.9. The lowest BCUT2D eigenvalue weighted by atomic mass is 10.1. The summed E-state index contributed by atoms with van der Waals surface area (Å²) in [6.07, 6.45) is 0. The third-order valence-electron chi connectivity index (χ3n) is 3.14. The van der Waals surface area contributed by atoms with Crippen molar-refractivity contribution < 1.29 is 0 Å². The van der Waals surface area contributed by atoms with E-state index in [2.05, 4.69) is 44.3 Å². The fraction of sp³-hybridized carbons (Fsp3) is 0.231. The number of nitrogens with one attached hydrogen (secondary N) is 1. The van der Waals surface area contributed by atoms with Crippen molar-refractivity contribution >= 4 is 33.5 Å². The Labute approximate surface area is 124 Å². The molecule has 2 heterocycles. The second kappa shape index (κ2) is 5.11. The highest BCUT2D eigenvalue weighted by Crippen LogP contribution is 2.34. The number of rotatable bonds is 2. The van der Waals surface area contributed by atoms with E-state index >= 15 is 0 Å². The molecule has 0 aliphatic carbocycles. The molecule has 6 heteroatoms. The van der Waals surface area contributed by atoms with E-state index in [1.807, 2.05) is 23.9 Å². The summed E-state index contributed by atoms with van der Waals surface area (Å²) < 4.78 is 1.06. The number of nitrogens with zero attached hydrogens (tertiary/aromatic N) is 2. The molecule has 0 atom stereocenters. The van der Waals surface area contributed by atoms with E-state index in [1.54, 1.807) is 0 Å². The average molecular weight is 337 g/mol. The fourth-order valence-electron chi connectivity index (χ4n) is 2.17. The van der Waals surface area contributed by atoms with Gasteiger partial charge in [0.1, 0.15) is 5.82 Å². The molecule has 0 fully saturated rings. The van der Waals surface area contributed by atoms with Crippen LogP contribution in [0.4, 0.5) is 5.82 Å².